The van der Waals surface area contributed by atoms with Crippen molar-refractivity contribution in [2.75, 3.05) is 38.2 Å². The molecule has 0 radical (unpaired) electrons. The normalized spacial score (nSPS) is 20.7. The molecule has 0 aromatic heterocycles. The van der Waals surface area contributed by atoms with Crippen molar-refractivity contribution in [2.24, 2.45) is 5.92 Å². The molecule has 0 spiro atoms. The molecule has 1 unspecified atom stereocenters. The highest BCUT2D eigenvalue weighted by molar-refractivity contribution is 6.34. The SMILES string of the molecule is CCCNC(=O)c1ccc(NC(=O)C2COCCN2CC2CCC2)cc1Cl. The van der Waals surface area contributed by atoms with Gasteiger partial charge in [-0.25, -0.2) is 0 Å². The molecule has 1 aliphatic carbocycles. The predicted molar refractivity (Wildman–Crippen MR) is 106 cm³/mol. The number of anilines is 1. The average Bonchev–Trinajstić information content (AvgIpc) is 2.63. The van der Waals surface area contributed by atoms with Crippen LogP contribution in [0.2, 0.25) is 5.02 Å². The summed E-state index contributed by atoms with van der Waals surface area (Å²) in [5, 5.41) is 6.05. The molecule has 1 aromatic rings. The first-order valence-corrected chi connectivity index (χ1v) is 10.2. The van der Waals surface area contributed by atoms with E-state index in [0.29, 0.717) is 41.9 Å². The number of carbonyl (C=O) groups excluding carboxylic acids is 2. The zero-order chi connectivity index (χ0) is 19.2. The summed E-state index contributed by atoms with van der Waals surface area (Å²) in [5.74, 6) is 0.411. The molecule has 1 atom stereocenters. The van der Waals surface area contributed by atoms with E-state index in [9.17, 15) is 9.59 Å². The Morgan fingerprint density at radius 1 is 1.33 bits per heavy atom. The Labute approximate surface area is 165 Å². The molecule has 148 valence electrons. The van der Waals surface area contributed by atoms with E-state index >= 15 is 0 Å². The topological polar surface area (TPSA) is 70.7 Å². The summed E-state index contributed by atoms with van der Waals surface area (Å²) < 4.78 is 5.53. The summed E-state index contributed by atoms with van der Waals surface area (Å²) in [6, 6.07) is 4.70. The molecule has 2 amide bonds. The van der Waals surface area contributed by atoms with Crippen molar-refractivity contribution in [3.05, 3.63) is 28.8 Å². The Morgan fingerprint density at radius 2 is 2.15 bits per heavy atom. The van der Waals surface area contributed by atoms with Gasteiger partial charge in [0.25, 0.3) is 5.91 Å². The number of nitrogens with one attached hydrogen (secondary N) is 2. The third-order valence-electron chi connectivity index (χ3n) is 5.28. The fraction of sp³-hybridized carbons (Fsp3) is 0.600. The number of morpholine rings is 1. The monoisotopic (exact) mass is 393 g/mol. The number of halogens is 1. The number of carbonyl (C=O) groups is 2. The minimum atomic E-state index is -0.286. The van der Waals surface area contributed by atoms with E-state index in [0.717, 1.165) is 19.5 Å². The van der Waals surface area contributed by atoms with Crippen molar-refractivity contribution in [1.29, 1.82) is 0 Å². The van der Waals surface area contributed by atoms with Gasteiger partial charge in [-0.2, -0.15) is 0 Å². The zero-order valence-electron chi connectivity index (χ0n) is 15.8. The Morgan fingerprint density at radius 3 is 2.81 bits per heavy atom. The van der Waals surface area contributed by atoms with Gasteiger partial charge in [-0.15, -0.1) is 0 Å². The van der Waals surface area contributed by atoms with Crippen molar-refractivity contribution in [2.45, 2.75) is 38.6 Å². The Kier molecular flexibility index (Phi) is 7.10. The molecule has 2 fully saturated rings. The quantitative estimate of drug-likeness (QED) is 0.747. The predicted octanol–water partition coefficient (Wildman–Crippen LogP) is 2.92. The number of rotatable bonds is 7. The van der Waals surface area contributed by atoms with E-state index in [1.165, 1.54) is 19.3 Å². The van der Waals surface area contributed by atoms with E-state index in [1.807, 2.05) is 6.92 Å². The summed E-state index contributed by atoms with van der Waals surface area (Å²) >= 11 is 6.25. The molecule has 3 rings (SSSR count). The van der Waals surface area contributed by atoms with E-state index < -0.39 is 0 Å². The Balaban J connectivity index is 1.62. The van der Waals surface area contributed by atoms with Crippen LogP contribution in [0.3, 0.4) is 0 Å². The van der Waals surface area contributed by atoms with Crippen LogP contribution in [0.25, 0.3) is 0 Å². The van der Waals surface area contributed by atoms with Gasteiger partial charge >= 0.3 is 0 Å². The summed E-state index contributed by atoms with van der Waals surface area (Å²) in [4.78, 5) is 27.1. The molecule has 1 heterocycles. The first-order valence-electron chi connectivity index (χ1n) is 9.79. The summed E-state index contributed by atoms with van der Waals surface area (Å²) in [6.45, 7) is 5.41. The highest BCUT2D eigenvalue weighted by atomic mass is 35.5. The van der Waals surface area contributed by atoms with Crippen molar-refractivity contribution in [3.8, 4) is 0 Å². The van der Waals surface area contributed by atoms with Gasteiger partial charge in [-0.1, -0.05) is 24.9 Å². The first kappa shape index (κ1) is 20.1. The van der Waals surface area contributed by atoms with Crippen LogP contribution in [-0.2, 0) is 9.53 Å². The maximum absolute atomic E-state index is 12.8. The van der Waals surface area contributed by atoms with Gasteiger partial charge in [-0.3, -0.25) is 14.5 Å². The second kappa shape index (κ2) is 9.53. The van der Waals surface area contributed by atoms with Crippen molar-refractivity contribution in [3.63, 3.8) is 0 Å². The molecule has 0 bridgehead atoms. The molecule has 2 aliphatic rings. The standard InChI is InChI=1S/C20H28ClN3O3/c1-2-8-22-19(25)16-7-6-15(11-17(16)21)23-20(26)18-13-27-10-9-24(18)12-14-4-3-5-14/h6-7,11,14,18H,2-5,8-10,12-13H2,1H3,(H,22,25)(H,23,26). The smallest absolute Gasteiger partial charge is 0.252 e. The van der Waals surface area contributed by atoms with Crippen LogP contribution in [0.1, 0.15) is 43.0 Å². The highest BCUT2D eigenvalue weighted by Gasteiger charge is 2.32. The molecule has 1 aromatic carbocycles. The average molecular weight is 394 g/mol. The largest absolute Gasteiger partial charge is 0.378 e. The van der Waals surface area contributed by atoms with E-state index in [2.05, 4.69) is 15.5 Å². The molecule has 27 heavy (non-hydrogen) atoms. The van der Waals surface area contributed by atoms with Crippen LogP contribution in [0.15, 0.2) is 18.2 Å². The number of nitrogens with zero attached hydrogens (tertiary/aromatic N) is 1. The van der Waals surface area contributed by atoms with Crippen molar-refractivity contribution in [1.82, 2.24) is 10.2 Å². The summed E-state index contributed by atoms with van der Waals surface area (Å²) in [6.07, 6.45) is 4.66. The lowest BCUT2D eigenvalue weighted by molar-refractivity contribution is -0.128. The van der Waals surface area contributed by atoms with Gasteiger partial charge in [0.1, 0.15) is 6.04 Å². The lowest BCUT2D eigenvalue weighted by Crippen LogP contribution is -2.53. The van der Waals surface area contributed by atoms with Crippen molar-refractivity contribution >= 4 is 29.1 Å². The Hall–Kier alpha value is -1.63. The maximum Gasteiger partial charge on any atom is 0.252 e. The minimum absolute atomic E-state index is 0.0896. The zero-order valence-corrected chi connectivity index (χ0v) is 16.6. The van der Waals surface area contributed by atoms with Gasteiger partial charge < -0.3 is 15.4 Å². The van der Waals surface area contributed by atoms with Crippen LogP contribution in [0.4, 0.5) is 5.69 Å². The van der Waals surface area contributed by atoms with Crippen molar-refractivity contribution < 1.29 is 14.3 Å². The molecule has 6 nitrogen and oxygen atoms in total. The number of ether oxygens (including phenoxy) is 1. The number of hydrogen-bond acceptors (Lipinski definition) is 4. The number of amides is 2. The van der Waals surface area contributed by atoms with E-state index in [1.54, 1.807) is 18.2 Å². The van der Waals surface area contributed by atoms with Crippen LogP contribution >= 0.6 is 11.6 Å². The second-order valence-electron chi connectivity index (χ2n) is 7.32. The van der Waals surface area contributed by atoms with Gasteiger partial charge in [0, 0.05) is 25.3 Å². The Bertz CT molecular complexity index is 678. The second-order valence-corrected chi connectivity index (χ2v) is 7.73. The molecule has 7 heteroatoms. The fourth-order valence-electron chi connectivity index (χ4n) is 3.44. The summed E-state index contributed by atoms with van der Waals surface area (Å²) in [5.41, 5.74) is 1.00. The van der Waals surface area contributed by atoms with Gasteiger partial charge in [0.15, 0.2) is 0 Å². The fourth-order valence-corrected chi connectivity index (χ4v) is 3.71. The third kappa shape index (κ3) is 5.21. The first-order chi connectivity index (χ1) is 13.1. The molecule has 1 saturated heterocycles. The van der Waals surface area contributed by atoms with Gasteiger partial charge in [0.2, 0.25) is 5.91 Å². The molecule has 2 N–H and O–H groups in total. The summed E-state index contributed by atoms with van der Waals surface area (Å²) in [7, 11) is 0. The van der Waals surface area contributed by atoms with E-state index in [4.69, 9.17) is 16.3 Å². The maximum atomic E-state index is 12.8. The number of benzene rings is 1. The van der Waals surface area contributed by atoms with Gasteiger partial charge in [-0.05, 0) is 43.4 Å². The lowest BCUT2D eigenvalue weighted by atomic mass is 9.84. The molecular formula is C20H28ClN3O3. The van der Waals surface area contributed by atoms with Gasteiger partial charge in [0.05, 0.1) is 23.8 Å². The highest BCUT2D eigenvalue weighted by Crippen LogP contribution is 2.28. The molecule has 1 saturated carbocycles. The lowest BCUT2D eigenvalue weighted by Gasteiger charge is -2.39. The van der Waals surface area contributed by atoms with Crippen LogP contribution < -0.4 is 10.6 Å². The number of hydrogen-bond donors (Lipinski definition) is 2. The van der Waals surface area contributed by atoms with E-state index in [-0.39, 0.29) is 17.9 Å². The van der Waals surface area contributed by atoms with Crippen LogP contribution in [0, 0.1) is 5.92 Å². The minimum Gasteiger partial charge on any atom is -0.378 e. The van der Waals surface area contributed by atoms with Crippen LogP contribution in [-0.4, -0.2) is 55.6 Å². The van der Waals surface area contributed by atoms with Crippen LogP contribution in [0.5, 0.6) is 0 Å². The molecular weight excluding hydrogens is 366 g/mol. The third-order valence-corrected chi connectivity index (χ3v) is 5.59. The molecule has 1 aliphatic heterocycles.